The minimum absolute atomic E-state index is 0.0818. The van der Waals surface area contributed by atoms with Crippen molar-refractivity contribution < 1.29 is 24.2 Å². The first-order valence-corrected chi connectivity index (χ1v) is 5.68. The fraction of sp³-hybridized carbons (Fsp3) is 0.583. The maximum Gasteiger partial charge on any atom is 0.341 e. The SMILES string of the molecule is C/C(=C/C(=O)O)C(=O)OC(=O)C1CCCCC1. The second-order valence-corrected chi connectivity index (χ2v) is 4.21. The number of hydrogen-bond acceptors (Lipinski definition) is 4. The highest BCUT2D eigenvalue weighted by molar-refractivity contribution is 6.00. The number of carbonyl (C=O) groups excluding carboxylic acids is 2. The van der Waals surface area contributed by atoms with E-state index in [1.165, 1.54) is 6.92 Å². The second kappa shape index (κ2) is 6.18. The highest BCUT2D eigenvalue weighted by Gasteiger charge is 2.25. The van der Waals surface area contributed by atoms with Gasteiger partial charge >= 0.3 is 17.9 Å². The summed E-state index contributed by atoms with van der Waals surface area (Å²) in [6, 6.07) is 0. The normalized spacial score (nSPS) is 17.6. The molecule has 0 aromatic heterocycles. The first-order valence-electron chi connectivity index (χ1n) is 5.68. The molecule has 1 fully saturated rings. The molecular weight excluding hydrogens is 224 g/mol. The molecule has 1 aliphatic rings. The van der Waals surface area contributed by atoms with E-state index < -0.39 is 17.9 Å². The third-order valence-corrected chi connectivity index (χ3v) is 2.79. The average molecular weight is 240 g/mol. The molecule has 0 spiro atoms. The molecule has 17 heavy (non-hydrogen) atoms. The molecule has 0 bridgehead atoms. The van der Waals surface area contributed by atoms with Crippen LogP contribution in [0.1, 0.15) is 39.0 Å². The van der Waals surface area contributed by atoms with Crippen LogP contribution in [0, 0.1) is 5.92 Å². The molecule has 0 radical (unpaired) electrons. The molecule has 5 nitrogen and oxygen atoms in total. The first kappa shape index (κ1) is 13.4. The molecule has 1 rings (SSSR count). The summed E-state index contributed by atoms with van der Waals surface area (Å²) in [5, 5.41) is 8.45. The van der Waals surface area contributed by atoms with Gasteiger partial charge in [0.15, 0.2) is 0 Å². The average Bonchev–Trinajstić information content (AvgIpc) is 2.29. The van der Waals surface area contributed by atoms with Crippen LogP contribution in [0.4, 0.5) is 0 Å². The van der Waals surface area contributed by atoms with Crippen molar-refractivity contribution >= 4 is 17.9 Å². The monoisotopic (exact) mass is 240 g/mol. The predicted molar refractivity (Wildman–Crippen MR) is 59.1 cm³/mol. The molecule has 1 aliphatic carbocycles. The van der Waals surface area contributed by atoms with E-state index in [4.69, 9.17) is 5.11 Å². The highest BCUT2D eigenvalue weighted by atomic mass is 16.6. The Hall–Kier alpha value is -1.65. The summed E-state index contributed by atoms with van der Waals surface area (Å²) < 4.78 is 4.64. The third-order valence-electron chi connectivity index (χ3n) is 2.79. The van der Waals surface area contributed by atoms with Crippen LogP contribution in [0.15, 0.2) is 11.6 Å². The van der Waals surface area contributed by atoms with Crippen molar-refractivity contribution in [3.8, 4) is 0 Å². The van der Waals surface area contributed by atoms with E-state index in [0.29, 0.717) is 0 Å². The van der Waals surface area contributed by atoms with Crippen LogP contribution in [0.5, 0.6) is 0 Å². The Morgan fingerprint density at radius 2 is 1.76 bits per heavy atom. The van der Waals surface area contributed by atoms with Crippen molar-refractivity contribution in [1.82, 2.24) is 0 Å². The molecular formula is C12H16O5. The number of carboxylic acid groups (broad SMARTS) is 1. The lowest BCUT2D eigenvalue weighted by molar-refractivity contribution is -0.161. The van der Waals surface area contributed by atoms with Gasteiger partial charge in [-0.2, -0.15) is 0 Å². The lowest BCUT2D eigenvalue weighted by atomic mass is 9.89. The Kier molecular flexibility index (Phi) is 4.87. The number of carboxylic acids is 1. The molecule has 1 saturated carbocycles. The van der Waals surface area contributed by atoms with Crippen LogP contribution in [0.2, 0.25) is 0 Å². The highest BCUT2D eigenvalue weighted by Crippen LogP contribution is 2.24. The van der Waals surface area contributed by atoms with Gasteiger partial charge in [-0.15, -0.1) is 0 Å². The van der Waals surface area contributed by atoms with Crippen molar-refractivity contribution in [2.24, 2.45) is 5.92 Å². The molecule has 0 amide bonds. The fourth-order valence-electron chi connectivity index (χ4n) is 1.84. The van der Waals surface area contributed by atoms with Gasteiger partial charge in [0.05, 0.1) is 5.92 Å². The van der Waals surface area contributed by atoms with E-state index in [0.717, 1.165) is 38.2 Å². The predicted octanol–water partition coefficient (Wildman–Crippen LogP) is 1.67. The summed E-state index contributed by atoms with van der Waals surface area (Å²) in [7, 11) is 0. The van der Waals surface area contributed by atoms with Crippen molar-refractivity contribution in [1.29, 1.82) is 0 Å². The van der Waals surface area contributed by atoms with Gasteiger partial charge in [0.2, 0.25) is 0 Å². The Labute approximate surface area is 99.5 Å². The van der Waals surface area contributed by atoms with Crippen molar-refractivity contribution in [2.45, 2.75) is 39.0 Å². The number of hydrogen-bond donors (Lipinski definition) is 1. The van der Waals surface area contributed by atoms with E-state index in [1.807, 2.05) is 0 Å². The van der Waals surface area contributed by atoms with E-state index >= 15 is 0 Å². The Bertz CT molecular complexity index is 350. The van der Waals surface area contributed by atoms with E-state index in [2.05, 4.69) is 4.74 Å². The standard InChI is InChI=1S/C12H16O5/c1-8(7-10(13)14)11(15)17-12(16)9-5-3-2-4-6-9/h7,9H,2-6H2,1H3,(H,13,14)/b8-7-. The smallest absolute Gasteiger partial charge is 0.341 e. The zero-order valence-electron chi connectivity index (χ0n) is 9.77. The minimum Gasteiger partial charge on any atom is -0.478 e. The molecule has 0 aromatic rings. The molecule has 0 aliphatic heterocycles. The number of esters is 2. The van der Waals surface area contributed by atoms with Gasteiger partial charge in [-0.25, -0.2) is 9.59 Å². The van der Waals surface area contributed by atoms with E-state index in [1.54, 1.807) is 0 Å². The van der Waals surface area contributed by atoms with Crippen molar-refractivity contribution in [3.05, 3.63) is 11.6 Å². The summed E-state index contributed by atoms with van der Waals surface area (Å²) in [4.78, 5) is 33.3. The lowest BCUT2D eigenvalue weighted by Gasteiger charge is -2.19. The molecule has 5 heteroatoms. The quantitative estimate of drug-likeness (QED) is 0.461. The number of rotatable bonds is 3. The van der Waals surface area contributed by atoms with Gasteiger partial charge < -0.3 is 9.84 Å². The van der Waals surface area contributed by atoms with Crippen LogP contribution in [0.3, 0.4) is 0 Å². The molecule has 0 atom stereocenters. The van der Waals surface area contributed by atoms with Crippen molar-refractivity contribution in [3.63, 3.8) is 0 Å². The first-order chi connectivity index (χ1) is 8.00. The number of ether oxygens (including phenoxy) is 1. The number of aliphatic carboxylic acids is 1. The minimum atomic E-state index is -1.23. The lowest BCUT2D eigenvalue weighted by Crippen LogP contribution is -2.23. The van der Waals surface area contributed by atoms with Crippen LogP contribution in [0.25, 0.3) is 0 Å². The molecule has 0 unspecified atom stereocenters. The fourth-order valence-corrected chi connectivity index (χ4v) is 1.84. The van der Waals surface area contributed by atoms with Gasteiger partial charge in [0.25, 0.3) is 0 Å². The van der Waals surface area contributed by atoms with Crippen LogP contribution < -0.4 is 0 Å². The van der Waals surface area contributed by atoms with E-state index in [9.17, 15) is 14.4 Å². The molecule has 94 valence electrons. The van der Waals surface area contributed by atoms with Gasteiger partial charge in [-0.1, -0.05) is 19.3 Å². The van der Waals surface area contributed by atoms with Gasteiger partial charge in [0.1, 0.15) is 0 Å². The third kappa shape index (κ3) is 4.38. The Morgan fingerprint density at radius 1 is 1.18 bits per heavy atom. The maximum absolute atomic E-state index is 11.6. The maximum atomic E-state index is 11.6. The van der Waals surface area contributed by atoms with Gasteiger partial charge in [-0.3, -0.25) is 4.79 Å². The number of carbonyl (C=O) groups is 3. The Balaban J connectivity index is 2.50. The molecule has 1 N–H and O–H groups in total. The zero-order chi connectivity index (χ0) is 12.8. The summed E-state index contributed by atoms with van der Waals surface area (Å²) in [6.07, 6.45) is 5.27. The van der Waals surface area contributed by atoms with Crippen LogP contribution >= 0.6 is 0 Å². The molecule has 0 heterocycles. The summed E-state index contributed by atoms with van der Waals surface area (Å²) in [5.41, 5.74) is -0.0818. The van der Waals surface area contributed by atoms with Crippen LogP contribution in [-0.2, 0) is 19.1 Å². The largest absolute Gasteiger partial charge is 0.478 e. The van der Waals surface area contributed by atoms with Gasteiger partial charge in [-0.05, 0) is 19.8 Å². The van der Waals surface area contributed by atoms with Gasteiger partial charge in [0, 0.05) is 11.6 Å². The second-order valence-electron chi connectivity index (χ2n) is 4.21. The van der Waals surface area contributed by atoms with Crippen molar-refractivity contribution in [2.75, 3.05) is 0 Å². The van der Waals surface area contributed by atoms with E-state index in [-0.39, 0.29) is 11.5 Å². The molecule has 0 saturated heterocycles. The summed E-state index contributed by atoms with van der Waals surface area (Å²) in [5.74, 6) is -2.86. The summed E-state index contributed by atoms with van der Waals surface area (Å²) in [6.45, 7) is 1.31. The van der Waals surface area contributed by atoms with Crippen LogP contribution in [-0.4, -0.2) is 23.0 Å². The Morgan fingerprint density at radius 3 is 2.29 bits per heavy atom. The topological polar surface area (TPSA) is 80.7 Å². The summed E-state index contributed by atoms with van der Waals surface area (Å²) >= 11 is 0. The zero-order valence-corrected chi connectivity index (χ0v) is 9.77. The molecule has 0 aromatic carbocycles.